The number of thiophene rings is 1. The molecule has 0 amide bonds. The van der Waals surface area contributed by atoms with Crippen LogP contribution in [0.2, 0.25) is 0 Å². The van der Waals surface area contributed by atoms with Gasteiger partial charge in [-0.25, -0.2) is 8.42 Å². The molecule has 2 aliphatic rings. The van der Waals surface area contributed by atoms with Crippen LogP contribution in [0, 0.1) is 5.92 Å². The maximum absolute atomic E-state index is 12.8. The third kappa shape index (κ3) is 2.65. The molecule has 1 aromatic rings. The molecule has 1 saturated carbocycles. The monoisotopic (exact) mass is 333 g/mol. The van der Waals surface area contributed by atoms with Crippen LogP contribution in [0.1, 0.15) is 44.1 Å². The second-order valence-corrected chi connectivity index (χ2v) is 9.07. The molecule has 0 N–H and O–H groups in total. The average Bonchev–Trinajstić information content (AvgIpc) is 3.17. The normalized spacial score (nSPS) is 25.6. The van der Waals surface area contributed by atoms with Crippen LogP contribution in [0.15, 0.2) is 15.7 Å². The quantitative estimate of drug-likeness (QED) is 0.785. The van der Waals surface area contributed by atoms with E-state index in [-0.39, 0.29) is 6.04 Å². The summed E-state index contributed by atoms with van der Waals surface area (Å²) in [6.45, 7) is 0.678. The van der Waals surface area contributed by atoms with Gasteiger partial charge in [0.1, 0.15) is 4.21 Å². The Hall–Kier alpha value is -0.100. The van der Waals surface area contributed by atoms with Crippen LogP contribution in [0.3, 0.4) is 0 Å². The van der Waals surface area contributed by atoms with Crippen LogP contribution in [0.4, 0.5) is 0 Å². The first-order valence-electron chi connectivity index (χ1n) is 7.28. The van der Waals surface area contributed by atoms with Crippen molar-refractivity contribution in [3.05, 3.63) is 17.0 Å². The van der Waals surface area contributed by atoms with Gasteiger partial charge in [-0.1, -0.05) is 12.8 Å². The fraction of sp³-hybridized carbons (Fsp3) is 0.714. The van der Waals surface area contributed by atoms with E-state index in [1.807, 2.05) is 5.38 Å². The first kappa shape index (κ1) is 14.8. The van der Waals surface area contributed by atoms with Gasteiger partial charge in [-0.15, -0.1) is 22.9 Å². The molecule has 112 valence electrons. The second-order valence-electron chi connectivity index (χ2n) is 5.78. The summed E-state index contributed by atoms with van der Waals surface area (Å²) in [6, 6.07) is 1.96. The van der Waals surface area contributed by atoms with Crippen molar-refractivity contribution < 1.29 is 8.42 Å². The zero-order chi connectivity index (χ0) is 14.2. The molecule has 0 bridgehead atoms. The first-order chi connectivity index (χ1) is 9.63. The van der Waals surface area contributed by atoms with E-state index in [0.29, 0.717) is 22.6 Å². The van der Waals surface area contributed by atoms with Crippen LogP contribution < -0.4 is 0 Å². The molecule has 3 nitrogen and oxygen atoms in total. The summed E-state index contributed by atoms with van der Waals surface area (Å²) in [7, 11) is -3.32. The van der Waals surface area contributed by atoms with Crippen LogP contribution >= 0.6 is 22.9 Å². The van der Waals surface area contributed by atoms with Crippen LogP contribution in [0.25, 0.3) is 0 Å². The lowest BCUT2D eigenvalue weighted by Gasteiger charge is -2.28. The molecule has 0 spiro atoms. The Morgan fingerprint density at radius 3 is 2.65 bits per heavy atom. The fourth-order valence-corrected chi connectivity index (χ4v) is 6.89. The number of rotatable bonds is 4. The lowest BCUT2D eigenvalue weighted by molar-refractivity contribution is 0.289. The first-order valence-corrected chi connectivity index (χ1v) is 10.1. The van der Waals surface area contributed by atoms with E-state index in [2.05, 4.69) is 0 Å². The maximum atomic E-state index is 12.8. The van der Waals surface area contributed by atoms with Gasteiger partial charge in [-0.05, 0) is 48.6 Å². The maximum Gasteiger partial charge on any atom is 0.252 e. The fourth-order valence-electron chi connectivity index (χ4n) is 3.55. The Morgan fingerprint density at radius 1 is 1.25 bits per heavy atom. The van der Waals surface area contributed by atoms with Gasteiger partial charge in [-0.2, -0.15) is 4.31 Å². The predicted molar refractivity (Wildman–Crippen MR) is 82.7 cm³/mol. The van der Waals surface area contributed by atoms with Gasteiger partial charge in [0.05, 0.1) is 0 Å². The molecule has 1 aliphatic carbocycles. The number of sulfonamides is 1. The van der Waals surface area contributed by atoms with E-state index < -0.39 is 10.0 Å². The van der Waals surface area contributed by atoms with E-state index in [1.165, 1.54) is 37.0 Å². The molecular formula is C14H20ClNO2S2. The van der Waals surface area contributed by atoms with Crippen molar-refractivity contribution in [1.29, 1.82) is 0 Å². The van der Waals surface area contributed by atoms with Crippen molar-refractivity contribution >= 4 is 33.0 Å². The number of nitrogens with zero attached hydrogens (tertiary/aromatic N) is 1. The number of alkyl halides is 1. The summed E-state index contributed by atoms with van der Waals surface area (Å²) in [5.74, 6) is 0.942. The summed E-state index contributed by atoms with van der Waals surface area (Å²) in [5, 5.41) is 1.85. The Labute approximate surface area is 130 Å². The van der Waals surface area contributed by atoms with Crippen LogP contribution in [0.5, 0.6) is 0 Å². The van der Waals surface area contributed by atoms with Crippen molar-refractivity contribution in [2.24, 2.45) is 5.92 Å². The zero-order valence-electron chi connectivity index (χ0n) is 11.4. The highest BCUT2D eigenvalue weighted by Crippen LogP contribution is 2.39. The predicted octanol–water partition coefficient (Wildman–Crippen LogP) is 3.83. The smallest absolute Gasteiger partial charge is 0.206 e. The third-order valence-electron chi connectivity index (χ3n) is 4.54. The highest BCUT2D eigenvalue weighted by molar-refractivity contribution is 7.91. The minimum absolute atomic E-state index is 0.226. The molecule has 1 aliphatic heterocycles. The van der Waals surface area contributed by atoms with Crippen LogP contribution in [-0.4, -0.2) is 25.3 Å². The standard InChI is InChI=1S/C14H20ClNO2S2/c15-9-11-8-14(19-10-11)20(17,18)16-7-3-6-13(16)12-4-1-2-5-12/h8,10,12-13H,1-7,9H2. The molecule has 1 saturated heterocycles. The molecule has 1 aromatic heterocycles. The number of hydrogen-bond acceptors (Lipinski definition) is 3. The van der Waals surface area contributed by atoms with E-state index in [9.17, 15) is 8.42 Å². The van der Waals surface area contributed by atoms with Gasteiger partial charge < -0.3 is 0 Å². The summed E-state index contributed by atoms with van der Waals surface area (Å²) in [5.41, 5.74) is 0.895. The third-order valence-corrected chi connectivity index (χ3v) is 8.24. The molecule has 0 aromatic carbocycles. The van der Waals surface area contributed by atoms with Gasteiger partial charge in [-0.3, -0.25) is 0 Å². The van der Waals surface area contributed by atoms with Crippen molar-refractivity contribution in [1.82, 2.24) is 4.31 Å². The Morgan fingerprint density at radius 2 is 2.00 bits per heavy atom. The molecule has 2 heterocycles. The van der Waals surface area contributed by atoms with E-state index in [1.54, 1.807) is 10.4 Å². The highest BCUT2D eigenvalue weighted by Gasteiger charge is 2.40. The molecule has 1 atom stereocenters. The minimum Gasteiger partial charge on any atom is -0.206 e. The van der Waals surface area contributed by atoms with Crippen LogP contribution in [-0.2, 0) is 15.9 Å². The lowest BCUT2D eigenvalue weighted by Crippen LogP contribution is -2.39. The van der Waals surface area contributed by atoms with Crippen molar-refractivity contribution in [2.45, 2.75) is 54.7 Å². The van der Waals surface area contributed by atoms with Crippen molar-refractivity contribution in [3.63, 3.8) is 0 Å². The van der Waals surface area contributed by atoms with Gasteiger partial charge >= 0.3 is 0 Å². The van der Waals surface area contributed by atoms with Gasteiger partial charge in [0.15, 0.2) is 0 Å². The van der Waals surface area contributed by atoms with Gasteiger partial charge in [0.2, 0.25) is 0 Å². The number of halogens is 1. The molecule has 0 radical (unpaired) electrons. The summed E-state index contributed by atoms with van der Waals surface area (Å²) < 4.78 is 27.9. The lowest BCUT2D eigenvalue weighted by atomic mass is 9.97. The highest BCUT2D eigenvalue weighted by atomic mass is 35.5. The van der Waals surface area contributed by atoms with Crippen molar-refractivity contribution in [2.75, 3.05) is 6.54 Å². The summed E-state index contributed by atoms with van der Waals surface area (Å²) in [6.07, 6.45) is 6.91. The zero-order valence-corrected chi connectivity index (χ0v) is 13.8. The Kier molecular flexibility index (Phi) is 4.41. The van der Waals surface area contributed by atoms with E-state index >= 15 is 0 Å². The average molecular weight is 334 g/mol. The van der Waals surface area contributed by atoms with Gasteiger partial charge in [0, 0.05) is 18.5 Å². The Bertz CT molecular complexity index is 563. The molecule has 1 unspecified atom stereocenters. The number of hydrogen-bond donors (Lipinski definition) is 0. The SMILES string of the molecule is O=S(=O)(c1cc(CCl)cs1)N1CCCC1C1CCCC1. The Balaban J connectivity index is 1.85. The minimum atomic E-state index is -3.32. The molecule has 6 heteroatoms. The second kappa shape index (κ2) is 5.95. The van der Waals surface area contributed by atoms with Crippen molar-refractivity contribution in [3.8, 4) is 0 Å². The molecular weight excluding hydrogens is 314 g/mol. The van der Waals surface area contributed by atoms with E-state index in [4.69, 9.17) is 11.6 Å². The molecule has 2 fully saturated rings. The summed E-state index contributed by atoms with van der Waals surface area (Å²) in [4.78, 5) is 0. The largest absolute Gasteiger partial charge is 0.252 e. The van der Waals surface area contributed by atoms with Gasteiger partial charge in [0.25, 0.3) is 10.0 Å². The summed E-state index contributed by atoms with van der Waals surface area (Å²) >= 11 is 7.08. The molecule has 20 heavy (non-hydrogen) atoms. The molecule has 3 rings (SSSR count). The topological polar surface area (TPSA) is 37.4 Å². The van der Waals surface area contributed by atoms with E-state index in [0.717, 1.165) is 18.4 Å².